The van der Waals surface area contributed by atoms with E-state index in [4.69, 9.17) is 21.3 Å². The molecule has 1 atom stereocenters. The summed E-state index contributed by atoms with van der Waals surface area (Å²) in [5, 5.41) is 15.3. The van der Waals surface area contributed by atoms with Crippen LogP contribution in [-0.2, 0) is 24.3 Å². The van der Waals surface area contributed by atoms with E-state index in [9.17, 15) is 0 Å². The molecule has 0 saturated carbocycles. The third-order valence-electron chi connectivity index (χ3n) is 6.57. The summed E-state index contributed by atoms with van der Waals surface area (Å²) < 4.78 is 41.9. The molecule has 39 heavy (non-hydrogen) atoms. The molecule has 1 aliphatic rings. The van der Waals surface area contributed by atoms with Gasteiger partial charge in [-0.2, -0.15) is 13.9 Å². The molecule has 0 aliphatic carbocycles. The number of ether oxygens (including phenoxy) is 1. The summed E-state index contributed by atoms with van der Waals surface area (Å²) in [7, 11) is 3.32. The molecule has 11 nitrogen and oxygen atoms in total. The lowest BCUT2D eigenvalue weighted by molar-refractivity contribution is 0.0235. The first kappa shape index (κ1) is 25.1. The van der Waals surface area contributed by atoms with Gasteiger partial charge in [-0.25, -0.2) is 15.0 Å². The fourth-order valence-electron chi connectivity index (χ4n) is 4.69. The molecule has 0 radical (unpaired) electrons. The third-order valence-corrected chi connectivity index (χ3v) is 6.90. The van der Waals surface area contributed by atoms with E-state index in [0.29, 0.717) is 29.7 Å². The topological polar surface area (TPSA) is 113 Å². The van der Waals surface area contributed by atoms with Crippen LogP contribution < -0.4 is 5.32 Å². The van der Waals surface area contributed by atoms with Crippen molar-refractivity contribution in [1.82, 2.24) is 44.1 Å². The van der Waals surface area contributed by atoms with Crippen LogP contribution in [0, 0.1) is 6.92 Å². The number of hydrogen-bond acceptors (Lipinski definition) is 8. The number of benzene rings is 1. The van der Waals surface area contributed by atoms with Crippen LogP contribution >= 0.6 is 11.6 Å². The fourth-order valence-corrected chi connectivity index (χ4v) is 4.94. The van der Waals surface area contributed by atoms with E-state index in [1.807, 2.05) is 17.7 Å². The second-order valence-electron chi connectivity index (χ2n) is 9.17. The van der Waals surface area contributed by atoms with Crippen molar-refractivity contribution in [2.45, 2.75) is 25.4 Å². The minimum Gasteiger partial charge on any atom is -0.382 e. The third kappa shape index (κ3) is 4.23. The Morgan fingerprint density at radius 1 is 1.15 bits per heavy atom. The zero-order chi connectivity index (χ0) is 27.3. The Morgan fingerprint density at radius 2 is 1.97 bits per heavy atom. The molecule has 5 aromatic rings. The van der Waals surface area contributed by atoms with Crippen LogP contribution in [0.5, 0.6) is 0 Å². The van der Waals surface area contributed by atoms with Gasteiger partial charge in [0.15, 0.2) is 5.82 Å². The molecule has 1 aliphatic heterocycles. The van der Waals surface area contributed by atoms with Crippen LogP contribution in [0.1, 0.15) is 23.0 Å². The number of halogens is 3. The number of hydrogen-bond donors (Lipinski definition) is 1. The van der Waals surface area contributed by atoms with E-state index in [2.05, 4.69) is 30.6 Å². The maximum atomic E-state index is 15.8. The van der Waals surface area contributed by atoms with Crippen LogP contribution in [0.2, 0.25) is 5.02 Å². The molecular formula is C25H23ClF2N10O. The minimum absolute atomic E-state index is 0.0579. The van der Waals surface area contributed by atoms with Gasteiger partial charge in [-0.15, -0.1) is 10.2 Å². The second-order valence-corrected chi connectivity index (χ2v) is 9.58. The van der Waals surface area contributed by atoms with E-state index in [-0.39, 0.29) is 23.0 Å². The van der Waals surface area contributed by atoms with E-state index in [0.717, 1.165) is 11.4 Å². The summed E-state index contributed by atoms with van der Waals surface area (Å²) in [6.45, 7) is 2.35. The zero-order valence-corrected chi connectivity index (χ0v) is 21.9. The molecule has 0 bridgehead atoms. The Labute approximate surface area is 226 Å². The molecule has 14 heteroatoms. The van der Waals surface area contributed by atoms with Crippen LogP contribution in [0.4, 0.5) is 20.5 Å². The van der Waals surface area contributed by atoms with Gasteiger partial charge >= 0.3 is 5.92 Å². The number of methoxy groups -OCH3 is 1. The monoisotopic (exact) mass is 552 g/mol. The van der Waals surface area contributed by atoms with Crippen molar-refractivity contribution in [1.29, 1.82) is 0 Å². The number of nitrogens with one attached hydrogen (secondary N) is 1. The summed E-state index contributed by atoms with van der Waals surface area (Å²) in [6, 6.07) is 7.11. The lowest BCUT2D eigenvalue weighted by Gasteiger charge is -2.28. The van der Waals surface area contributed by atoms with Crippen LogP contribution in [0.25, 0.3) is 23.0 Å². The van der Waals surface area contributed by atoms with E-state index in [1.54, 1.807) is 36.3 Å². The van der Waals surface area contributed by atoms with Crippen LogP contribution in [0.3, 0.4) is 0 Å². The Kier molecular flexibility index (Phi) is 6.11. The molecule has 1 aromatic carbocycles. The molecule has 0 spiro atoms. The molecule has 5 heterocycles. The number of aromatic nitrogens is 9. The van der Waals surface area contributed by atoms with Crippen molar-refractivity contribution in [3.8, 4) is 23.0 Å². The van der Waals surface area contributed by atoms with E-state index >= 15 is 8.78 Å². The Hall–Kier alpha value is -4.23. The van der Waals surface area contributed by atoms with Crippen LogP contribution in [0.15, 0.2) is 48.9 Å². The molecule has 0 saturated heterocycles. The SMILES string of the molecule is COCC1Cn2cc(-c3nc(Nc4ccnn4C)ncc3C)nc2-c2nnc(C(F)(F)c3ccccc3Cl)n21. The summed E-state index contributed by atoms with van der Waals surface area (Å²) in [4.78, 5) is 13.8. The Bertz CT molecular complexity index is 1680. The lowest BCUT2D eigenvalue weighted by atomic mass is 10.1. The number of aryl methyl sites for hydroxylation is 2. The highest BCUT2D eigenvalue weighted by molar-refractivity contribution is 6.31. The first-order valence-corrected chi connectivity index (χ1v) is 12.4. The molecule has 0 fully saturated rings. The highest BCUT2D eigenvalue weighted by Gasteiger charge is 2.45. The molecule has 6 rings (SSSR count). The minimum atomic E-state index is -3.50. The number of rotatable bonds is 7. The average molecular weight is 553 g/mol. The molecule has 4 aromatic heterocycles. The smallest absolute Gasteiger partial charge is 0.333 e. The van der Waals surface area contributed by atoms with Gasteiger partial charge in [-0.05, 0) is 18.6 Å². The first-order chi connectivity index (χ1) is 18.8. The Balaban J connectivity index is 1.43. The maximum absolute atomic E-state index is 15.8. The molecule has 1 unspecified atom stereocenters. The lowest BCUT2D eigenvalue weighted by Crippen LogP contribution is -2.31. The average Bonchev–Trinajstić information content (AvgIpc) is 3.64. The van der Waals surface area contributed by atoms with E-state index in [1.165, 1.54) is 29.9 Å². The van der Waals surface area contributed by atoms with Gasteiger partial charge in [-0.3, -0.25) is 9.25 Å². The van der Waals surface area contributed by atoms with Gasteiger partial charge in [0.05, 0.1) is 29.6 Å². The van der Waals surface area contributed by atoms with Crippen molar-refractivity contribution in [3.63, 3.8) is 0 Å². The van der Waals surface area contributed by atoms with Crippen LogP contribution in [-0.4, -0.2) is 57.8 Å². The summed E-state index contributed by atoms with van der Waals surface area (Å²) in [5.41, 5.74) is 1.58. The van der Waals surface area contributed by atoms with Gasteiger partial charge in [0, 0.05) is 44.7 Å². The number of alkyl halides is 2. The normalized spacial score (nSPS) is 14.8. The number of fused-ring (bicyclic) bond motifs is 3. The Morgan fingerprint density at radius 3 is 2.72 bits per heavy atom. The predicted octanol–water partition coefficient (Wildman–Crippen LogP) is 4.38. The van der Waals surface area contributed by atoms with Gasteiger partial charge < -0.3 is 14.6 Å². The number of anilines is 2. The van der Waals surface area contributed by atoms with Gasteiger partial charge in [-0.1, -0.05) is 29.8 Å². The quantitative estimate of drug-likeness (QED) is 0.316. The van der Waals surface area contributed by atoms with Crippen molar-refractivity contribution in [2.75, 3.05) is 19.0 Å². The standard InChI is InChI=1S/C25H23ClF2N10O/c1-14-10-29-24(32-19-8-9-30-36(19)2)33-20(14)18-12-37-11-15(13-39-3)38-22(21(37)31-18)34-35-23(38)25(27,28)16-6-4-5-7-17(16)26/h4-10,12,15H,11,13H2,1-3H3,(H,29,32,33). The molecule has 1 N–H and O–H groups in total. The predicted molar refractivity (Wildman–Crippen MR) is 139 cm³/mol. The second kappa shape index (κ2) is 9.50. The highest BCUT2D eigenvalue weighted by atomic mass is 35.5. The fraction of sp³-hybridized carbons (Fsp3) is 0.280. The van der Waals surface area contributed by atoms with Crippen molar-refractivity contribution in [2.24, 2.45) is 7.05 Å². The van der Waals surface area contributed by atoms with Crippen molar-refractivity contribution >= 4 is 23.4 Å². The van der Waals surface area contributed by atoms with Crippen molar-refractivity contribution in [3.05, 3.63) is 70.9 Å². The largest absolute Gasteiger partial charge is 0.382 e. The number of nitrogens with zero attached hydrogens (tertiary/aromatic N) is 9. The van der Waals surface area contributed by atoms with E-state index < -0.39 is 17.8 Å². The van der Waals surface area contributed by atoms with Crippen molar-refractivity contribution < 1.29 is 13.5 Å². The first-order valence-electron chi connectivity index (χ1n) is 12.0. The summed E-state index contributed by atoms with van der Waals surface area (Å²) in [5.74, 6) is -2.34. The molecule has 0 amide bonds. The number of imidazole rings is 1. The zero-order valence-electron chi connectivity index (χ0n) is 21.2. The maximum Gasteiger partial charge on any atom is 0.333 e. The molecular weight excluding hydrogens is 530 g/mol. The summed E-state index contributed by atoms with van der Waals surface area (Å²) >= 11 is 6.14. The molecule has 200 valence electrons. The van der Waals surface area contributed by atoms with Gasteiger partial charge in [0.1, 0.15) is 11.5 Å². The van der Waals surface area contributed by atoms with Gasteiger partial charge in [0.25, 0.3) is 0 Å². The van der Waals surface area contributed by atoms with Gasteiger partial charge in [0.2, 0.25) is 17.6 Å². The summed E-state index contributed by atoms with van der Waals surface area (Å²) in [6.07, 6.45) is 5.18. The highest BCUT2D eigenvalue weighted by Crippen LogP contribution is 2.42.